The maximum atomic E-state index is 6.85. The molecular weight excluding hydrogens is 300 g/mol. The molecule has 0 aliphatic heterocycles. The van der Waals surface area contributed by atoms with Crippen molar-refractivity contribution in [3.8, 4) is 5.75 Å². The molecular formula is C20H36O2Si. The molecule has 1 aromatic rings. The van der Waals surface area contributed by atoms with Gasteiger partial charge in [-0.2, -0.15) is 0 Å². The minimum atomic E-state index is -1.84. The van der Waals surface area contributed by atoms with Crippen molar-refractivity contribution in [2.45, 2.75) is 84.0 Å². The summed E-state index contributed by atoms with van der Waals surface area (Å²) < 4.78 is 12.1. The molecule has 0 aromatic heterocycles. The number of rotatable bonds is 10. The van der Waals surface area contributed by atoms with Gasteiger partial charge in [0.15, 0.2) is 0 Å². The molecule has 0 saturated heterocycles. The lowest BCUT2D eigenvalue weighted by atomic mass is 10.2. The Bertz CT molecular complexity index is 417. The third-order valence-electron chi connectivity index (χ3n) is 5.80. The zero-order valence-corrected chi connectivity index (χ0v) is 17.2. The molecule has 0 radical (unpaired) electrons. The minimum absolute atomic E-state index is 0.686. The van der Waals surface area contributed by atoms with Gasteiger partial charge in [0, 0.05) is 0 Å². The van der Waals surface area contributed by atoms with Gasteiger partial charge in [-0.15, -0.1) is 0 Å². The van der Waals surface area contributed by atoms with Gasteiger partial charge in [0.05, 0.1) is 13.7 Å². The monoisotopic (exact) mass is 336 g/mol. The number of hydrogen-bond acceptors (Lipinski definition) is 2. The van der Waals surface area contributed by atoms with Crippen LogP contribution in [0.5, 0.6) is 5.75 Å². The van der Waals surface area contributed by atoms with Crippen molar-refractivity contribution in [1.29, 1.82) is 0 Å². The van der Waals surface area contributed by atoms with Gasteiger partial charge in [-0.05, 0) is 34.3 Å². The van der Waals surface area contributed by atoms with E-state index in [1.54, 1.807) is 7.11 Å². The Morgan fingerprint density at radius 3 is 1.61 bits per heavy atom. The van der Waals surface area contributed by atoms with Crippen LogP contribution in [-0.2, 0) is 11.0 Å². The van der Waals surface area contributed by atoms with Gasteiger partial charge in [0.2, 0.25) is 8.32 Å². The highest BCUT2D eigenvalue weighted by atomic mass is 28.4. The smallest absolute Gasteiger partial charge is 0.201 e. The summed E-state index contributed by atoms with van der Waals surface area (Å²) in [5.41, 5.74) is 3.31. The fourth-order valence-electron chi connectivity index (χ4n) is 3.77. The van der Waals surface area contributed by atoms with E-state index in [4.69, 9.17) is 9.16 Å². The summed E-state index contributed by atoms with van der Waals surface area (Å²) in [5, 5.41) is 0. The zero-order valence-electron chi connectivity index (χ0n) is 16.2. The standard InChI is InChI=1S/C20H36O2Si/c1-8-16(4)23(17(5)9-2,18(6)10-3)22-15-19-11-13-20(21-7)14-12-19/h11-14,16-18H,8-10,15H2,1-7H3. The molecule has 0 aliphatic rings. The first kappa shape index (κ1) is 20.2. The molecule has 0 spiro atoms. The van der Waals surface area contributed by atoms with Gasteiger partial charge in [-0.1, -0.05) is 72.9 Å². The van der Waals surface area contributed by atoms with Gasteiger partial charge in [0.25, 0.3) is 0 Å². The number of methoxy groups -OCH3 is 1. The maximum Gasteiger partial charge on any atom is 0.201 e. The lowest BCUT2D eigenvalue weighted by molar-refractivity contribution is 0.258. The van der Waals surface area contributed by atoms with E-state index < -0.39 is 8.32 Å². The average Bonchev–Trinajstić information content (AvgIpc) is 2.61. The lowest BCUT2D eigenvalue weighted by Crippen LogP contribution is -2.49. The van der Waals surface area contributed by atoms with Gasteiger partial charge in [-0.25, -0.2) is 0 Å². The van der Waals surface area contributed by atoms with Crippen molar-refractivity contribution in [1.82, 2.24) is 0 Å². The van der Waals surface area contributed by atoms with Crippen LogP contribution in [-0.4, -0.2) is 15.4 Å². The molecule has 0 saturated carbocycles. The maximum absolute atomic E-state index is 6.85. The second-order valence-corrected chi connectivity index (χ2v) is 11.9. The Morgan fingerprint density at radius 2 is 1.26 bits per heavy atom. The predicted molar refractivity (Wildman–Crippen MR) is 103 cm³/mol. The molecule has 0 heterocycles. The van der Waals surface area contributed by atoms with Crippen LogP contribution in [0.4, 0.5) is 0 Å². The summed E-state index contributed by atoms with van der Waals surface area (Å²) in [4.78, 5) is 0. The summed E-state index contributed by atoms with van der Waals surface area (Å²) >= 11 is 0. The number of hydrogen-bond donors (Lipinski definition) is 0. The SMILES string of the molecule is CCC(C)[Si](OCc1ccc(OC)cc1)(C(C)CC)C(C)CC. The van der Waals surface area contributed by atoms with E-state index in [1.807, 2.05) is 12.1 Å². The molecule has 0 N–H and O–H groups in total. The molecule has 0 fully saturated rings. The Balaban J connectivity index is 3.02. The second kappa shape index (κ2) is 9.48. The van der Waals surface area contributed by atoms with Gasteiger partial charge >= 0.3 is 0 Å². The lowest BCUT2D eigenvalue weighted by Gasteiger charge is -2.45. The summed E-state index contributed by atoms with van der Waals surface area (Å²) in [6.07, 6.45) is 3.64. The van der Waals surface area contributed by atoms with Crippen LogP contribution in [0.1, 0.15) is 66.4 Å². The van der Waals surface area contributed by atoms with E-state index in [-0.39, 0.29) is 0 Å². The quantitative estimate of drug-likeness (QED) is 0.451. The van der Waals surface area contributed by atoms with Crippen LogP contribution in [0.2, 0.25) is 16.6 Å². The summed E-state index contributed by atoms with van der Waals surface area (Å²) in [7, 11) is -0.135. The van der Waals surface area contributed by atoms with E-state index >= 15 is 0 Å². The highest BCUT2D eigenvalue weighted by Gasteiger charge is 2.48. The van der Waals surface area contributed by atoms with E-state index in [0.717, 1.165) is 12.4 Å². The molecule has 3 heteroatoms. The predicted octanol–water partition coefficient (Wildman–Crippen LogP) is 6.56. The van der Waals surface area contributed by atoms with Crippen LogP contribution in [0.3, 0.4) is 0 Å². The van der Waals surface area contributed by atoms with Crippen molar-refractivity contribution in [2.24, 2.45) is 0 Å². The van der Waals surface area contributed by atoms with Gasteiger partial charge in [0.1, 0.15) is 5.75 Å². The third-order valence-corrected chi connectivity index (χ3v) is 12.3. The minimum Gasteiger partial charge on any atom is -0.497 e. The first-order valence-corrected chi connectivity index (χ1v) is 11.4. The summed E-state index contributed by atoms with van der Waals surface area (Å²) in [6, 6.07) is 8.30. The van der Waals surface area contributed by atoms with Crippen molar-refractivity contribution in [3.05, 3.63) is 29.8 Å². The van der Waals surface area contributed by atoms with E-state index in [0.29, 0.717) is 16.6 Å². The fraction of sp³-hybridized carbons (Fsp3) is 0.700. The Kier molecular flexibility index (Phi) is 8.35. The molecule has 1 aromatic carbocycles. The molecule has 0 bridgehead atoms. The van der Waals surface area contributed by atoms with Crippen LogP contribution >= 0.6 is 0 Å². The summed E-state index contributed by atoms with van der Waals surface area (Å²) in [5.74, 6) is 0.906. The van der Waals surface area contributed by atoms with Crippen LogP contribution in [0.25, 0.3) is 0 Å². The first-order chi connectivity index (χ1) is 11.0. The van der Waals surface area contributed by atoms with Crippen LogP contribution in [0, 0.1) is 0 Å². The molecule has 132 valence electrons. The summed E-state index contributed by atoms with van der Waals surface area (Å²) in [6.45, 7) is 14.9. The number of ether oxygens (including phenoxy) is 1. The normalized spacial score (nSPS) is 18.0. The van der Waals surface area contributed by atoms with E-state index in [9.17, 15) is 0 Å². The molecule has 0 amide bonds. The van der Waals surface area contributed by atoms with Crippen molar-refractivity contribution in [3.63, 3.8) is 0 Å². The highest BCUT2D eigenvalue weighted by molar-refractivity contribution is 6.77. The van der Waals surface area contributed by atoms with Crippen molar-refractivity contribution in [2.75, 3.05) is 7.11 Å². The van der Waals surface area contributed by atoms with E-state index in [2.05, 4.69) is 53.7 Å². The molecule has 3 unspecified atom stereocenters. The van der Waals surface area contributed by atoms with E-state index in [1.165, 1.54) is 24.8 Å². The molecule has 0 aliphatic carbocycles. The molecule has 23 heavy (non-hydrogen) atoms. The largest absolute Gasteiger partial charge is 0.497 e. The molecule has 1 rings (SSSR count). The average molecular weight is 337 g/mol. The fourth-order valence-corrected chi connectivity index (χ4v) is 9.87. The first-order valence-electron chi connectivity index (χ1n) is 9.22. The zero-order chi connectivity index (χ0) is 17.5. The molecule has 2 nitrogen and oxygen atoms in total. The highest BCUT2D eigenvalue weighted by Crippen LogP contribution is 2.47. The van der Waals surface area contributed by atoms with Crippen molar-refractivity contribution >= 4 is 8.32 Å². The van der Waals surface area contributed by atoms with Gasteiger partial charge < -0.3 is 9.16 Å². The third kappa shape index (κ3) is 4.60. The number of benzene rings is 1. The van der Waals surface area contributed by atoms with Crippen LogP contribution < -0.4 is 4.74 Å². The Labute approximate surface area is 144 Å². The van der Waals surface area contributed by atoms with Crippen molar-refractivity contribution < 1.29 is 9.16 Å². The molecule has 3 atom stereocenters. The second-order valence-electron chi connectivity index (χ2n) is 6.92. The topological polar surface area (TPSA) is 18.5 Å². The van der Waals surface area contributed by atoms with Crippen LogP contribution in [0.15, 0.2) is 24.3 Å². The van der Waals surface area contributed by atoms with Gasteiger partial charge in [-0.3, -0.25) is 0 Å². The Morgan fingerprint density at radius 1 is 0.826 bits per heavy atom. The Hall–Kier alpha value is -0.803.